The minimum atomic E-state index is -1.90. The average molecular weight is 266 g/mol. The van der Waals surface area contributed by atoms with E-state index in [1.807, 2.05) is 33.8 Å². The van der Waals surface area contributed by atoms with Crippen molar-refractivity contribution in [2.75, 3.05) is 0 Å². The summed E-state index contributed by atoms with van der Waals surface area (Å²) in [6, 6.07) is 3.51. The zero-order chi connectivity index (χ0) is 15.0. The highest BCUT2D eigenvalue weighted by Crippen LogP contribution is 2.30. The lowest BCUT2D eigenvalue weighted by Crippen LogP contribution is -2.22. The van der Waals surface area contributed by atoms with Crippen LogP contribution in [0.4, 0.5) is 0 Å². The molecular weight excluding hydrogens is 248 g/mol. The van der Waals surface area contributed by atoms with Crippen molar-refractivity contribution in [2.24, 2.45) is 0 Å². The van der Waals surface area contributed by atoms with Crippen LogP contribution in [0, 0.1) is 34.1 Å². The summed E-state index contributed by atoms with van der Waals surface area (Å²) >= 11 is 0. The molecule has 1 aromatic rings. The highest BCUT2D eigenvalue weighted by atomic mass is 16.7. The van der Waals surface area contributed by atoms with Crippen LogP contribution in [0.15, 0.2) is 12.1 Å². The monoisotopic (exact) mass is 266 g/mol. The highest BCUT2D eigenvalue weighted by Gasteiger charge is 2.37. The van der Waals surface area contributed by atoms with Crippen molar-refractivity contribution in [1.82, 2.24) is 0 Å². The zero-order valence-corrected chi connectivity index (χ0v) is 11.8. The first kappa shape index (κ1) is 15.1. The van der Waals surface area contributed by atoms with Gasteiger partial charge in [-0.25, -0.2) is 0 Å². The van der Waals surface area contributed by atoms with Gasteiger partial charge in [0.1, 0.15) is 15.4 Å². The predicted octanol–water partition coefficient (Wildman–Crippen LogP) is 3.15. The highest BCUT2D eigenvalue weighted by molar-refractivity contribution is 5.40. The summed E-state index contributed by atoms with van der Waals surface area (Å²) in [7, 11) is 0. The molecule has 104 valence electrons. The molecule has 0 bridgehead atoms. The van der Waals surface area contributed by atoms with Gasteiger partial charge in [-0.05, 0) is 42.0 Å². The van der Waals surface area contributed by atoms with Crippen LogP contribution < -0.4 is 0 Å². The topological polar surface area (TPSA) is 86.3 Å². The van der Waals surface area contributed by atoms with Crippen LogP contribution in [-0.4, -0.2) is 9.85 Å². The van der Waals surface area contributed by atoms with E-state index < -0.39 is 16.0 Å². The number of nitro groups is 2. The van der Waals surface area contributed by atoms with Crippen molar-refractivity contribution in [3.8, 4) is 0 Å². The Morgan fingerprint density at radius 1 is 1.05 bits per heavy atom. The van der Waals surface area contributed by atoms with E-state index in [-0.39, 0.29) is 11.0 Å². The van der Waals surface area contributed by atoms with Gasteiger partial charge in [0.05, 0.1) is 0 Å². The second-order valence-electron chi connectivity index (χ2n) is 5.70. The molecular formula is C13H18N2O4. The Morgan fingerprint density at radius 2 is 1.53 bits per heavy atom. The molecule has 0 aromatic heterocycles. The van der Waals surface area contributed by atoms with E-state index in [4.69, 9.17) is 0 Å². The molecule has 0 saturated heterocycles. The van der Waals surface area contributed by atoms with E-state index in [0.29, 0.717) is 5.56 Å². The van der Waals surface area contributed by atoms with Crippen LogP contribution in [0.25, 0.3) is 0 Å². The maximum absolute atomic E-state index is 10.9. The molecule has 0 fully saturated rings. The first-order chi connectivity index (χ1) is 8.55. The van der Waals surface area contributed by atoms with Crippen LogP contribution in [-0.2, 0) is 5.41 Å². The number of aryl methyl sites for hydroxylation is 1. The Bertz CT molecular complexity index is 518. The quantitative estimate of drug-likeness (QED) is 0.477. The fourth-order valence-electron chi connectivity index (χ4n) is 1.89. The summed E-state index contributed by atoms with van der Waals surface area (Å²) in [6.45, 7) is 9.39. The van der Waals surface area contributed by atoms with Gasteiger partial charge in [0, 0.05) is 0 Å². The lowest BCUT2D eigenvalue weighted by Gasteiger charge is -2.21. The third kappa shape index (κ3) is 3.07. The SMILES string of the molecule is Cc1cc(C(C)(C)C)cc(C([N+](=O)[O-])[N+](=O)[O-])c1C. The van der Waals surface area contributed by atoms with Gasteiger partial charge in [0.25, 0.3) is 0 Å². The van der Waals surface area contributed by atoms with Gasteiger partial charge in [-0.3, -0.25) is 20.2 Å². The second-order valence-corrected chi connectivity index (χ2v) is 5.70. The lowest BCUT2D eigenvalue weighted by atomic mass is 9.83. The number of hydrogen-bond donors (Lipinski definition) is 0. The maximum atomic E-state index is 10.9. The molecule has 1 aromatic carbocycles. The summed E-state index contributed by atoms with van der Waals surface area (Å²) in [5, 5.41) is 21.9. The largest absolute Gasteiger partial charge is 0.476 e. The number of rotatable bonds is 3. The van der Waals surface area contributed by atoms with Crippen molar-refractivity contribution in [1.29, 1.82) is 0 Å². The Labute approximate surface area is 111 Å². The van der Waals surface area contributed by atoms with Crippen LogP contribution >= 0.6 is 0 Å². The van der Waals surface area contributed by atoms with Gasteiger partial charge in [-0.2, -0.15) is 0 Å². The molecule has 0 aliphatic heterocycles. The van der Waals surface area contributed by atoms with E-state index in [0.717, 1.165) is 11.1 Å². The predicted molar refractivity (Wildman–Crippen MR) is 71.3 cm³/mol. The molecule has 0 N–H and O–H groups in total. The lowest BCUT2D eigenvalue weighted by molar-refractivity contribution is -0.752. The smallest absolute Gasteiger partial charge is 0.258 e. The number of hydrogen-bond acceptors (Lipinski definition) is 4. The average Bonchev–Trinajstić information content (AvgIpc) is 2.21. The Kier molecular flexibility index (Phi) is 3.93. The van der Waals surface area contributed by atoms with Crippen LogP contribution in [0.2, 0.25) is 0 Å². The Balaban J connectivity index is 3.54. The molecule has 0 radical (unpaired) electrons. The normalized spacial score (nSPS) is 11.7. The van der Waals surface area contributed by atoms with Gasteiger partial charge in [0.15, 0.2) is 0 Å². The van der Waals surface area contributed by atoms with E-state index >= 15 is 0 Å². The summed E-state index contributed by atoms with van der Waals surface area (Å²) in [5.74, 6) is 0. The molecule has 0 aliphatic rings. The minimum absolute atomic E-state index is 0.167. The maximum Gasteiger partial charge on any atom is 0.476 e. The van der Waals surface area contributed by atoms with Crippen LogP contribution in [0.5, 0.6) is 0 Å². The van der Waals surface area contributed by atoms with Gasteiger partial charge >= 0.3 is 6.17 Å². The van der Waals surface area contributed by atoms with Gasteiger partial charge in [0.2, 0.25) is 0 Å². The van der Waals surface area contributed by atoms with Crippen LogP contribution in [0.3, 0.4) is 0 Å². The molecule has 19 heavy (non-hydrogen) atoms. The zero-order valence-electron chi connectivity index (χ0n) is 11.8. The summed E-state index contributed by atoms with van der Waals surface area (Å²) in [4.78, 5) is 20.2. The molecule has 0 heterocycles. The Hall–Kier alpha value is -1.98. The van der Waals surface area contributed by atoms with E-state index in [9.17, 15) is 20.2 Å². The van der Waals surface area contributed by atoms with Crippen molar-refractivity contribution < 1.29 is 9.85 Å². The molecule has 0 aliphatic carbocycles. The van der Waals surface area contributed by atoms with Gasteiger partial charge in [-0.15, -0.1) is 0 Å². The molecule has 0 unspecified atom stereocenters. The van der Waals surface area contributed by atoms with E-state index in [1.165, 1.54) is 0 Å². The standard InChI is InChI=1S/C13H18N2O4/c1-8-6-10(13(3,4)5)7-11(9(8)2)12(14(16)17)15(18)19/h6-7,12H,1-5H3. The van der Waals surface area contributed by atoms with Gasteiger partial charge < -0.3 is 0 Å². The fraction of sp³-hybridized carbons (Fsp3) is 0.538. The first-order valence-corrected chi connectivity index (χ1v) is 5.94. The molecule has 0 atom stereocenters. The molecule has 0 amide bonds. The third-order valence-corrected chi connectivity index (χ3v) is 3.25. The van der Waals surface area contributed by atoms with E-state index in [2.05, 4.69) is 0 Å². The second kappa shape index (κ2) is 4.95. The number of benzene rings is 1. The van der Waals surface area contributed by atoms with Crippen LogP contribution in [0.1, 0.15) is 49.2 Å². The summed E-state index contributed by atoms with van der Waals surface area (Å²) in [5.41, 5.74) is 2.24. The summed E-state index contributed by atoms with van der Waals surface area (Å²) < 4.78 is 0. The fourth-order valence-corrected chi connectivity index (χ4v) is 1.89. The van der Waals surface area contributed by atoms with Crippen molar-refractivity contribution in [3.05, 3.63) is 54.6 Å². The molecule has 6 nitrogen and oxygen atoms in total. The number of nitrogens with zero attached hydrogens (tertiary/aromatic N) is 2. The molecule has 0 spiro atoms. The van der Waals surface area contributed by atoms with Crippen molar-refractivity contribution in [3.63, 3.8) is 0 Å². The van der Waals surface area contributed by atoms with Crippen molar-refractivity contribution in [2.45, 2.75) is 46.2 Å². The molecule has 0 saturated carbocycles. The summed E-state index contributed by atoms with van der Waals surface area (Å²) in [6.07, 6.45) is -1.90. The Morgan fingerprint density at radius 3 is 1.89 bits per heavy atom. The minimum Gasteiger partial charge on any atom is -0.258 e. The van der Waals surface area contributed by atoms with Gasteiger partial charge in [-0.1, -0.05) is 26.8 Å². The first-order valence-electron chi connectivity index (χ1n) is 5.94. The third-order valence-electron chi connectivity index (χ3n) is 3.25. The molecule has 6 heteroatoms. The van der Waals surface area contributed by atoms with Crippen molar-refractivity contribution >= 4 is 0 Å². The molecule has 1 rings (SSSR count). The van der Waals surface area contributed by atoms with E-state index in [1.54, 1.807) is 13.0 Å².